The lowest BCUT2D eigenvalue weighted by atomic mass is 10.1. The van der Waals surface area contributed by atoms with Crippen LogP contribution >= 0.6 is 0 Å². The lowest BCUT2D eigenvalue weighted by Crippen LogP contribution is -2.38. The Morgan fingerprint density at radius 2 is 2.10 bits per heavy atom. The number of aliphatic imine (C=N–C) groups is 1. The molecule has 0 amide bonds. The summed E-state index contributed by atoms with van der Waals surface area (Å²) < 4.78 is 5.63. The molecule has 1 aromatic carbocycles. The van der Waals surface area contributed by atoms with Crippen LogP contribution in [0.3, 0.4) is 0 Å². The van der Waals surface area contributed by atoms with E-state index < -0.39 is 0 Å². The van der Waals surface area contributed by atoms with Gasteiger partial charge in [0.15, 0.2) is 5.96 Å². The molecule has 0 saturated heterocycles. The molecular weight excluding hydrogens is 250 g/mol. The highest BCUT2D eigenvalue weighted by Crippen LogP contribution is 2.18. The van der Waals surface area contributed by atoms with E-state index in [0.717, 1.165) is 12.5 Å². The Bertz CT molecular complexity index is 453. The molecule has 1 aliphatic carbocycles. The van der Waals surface area contributed by atoms with Crippen molar-refractivity contribution in [2.75, 3.05) is 7.05 Å². The highest BCUT2D eigenvalue weighted by molar-refractivity contribution is 5.80. The summed E-state index contributed by atoms with van der Waals surface area (Å²) >= 11 is 0. The summed E-state index contributed by atoms with van der Waals surface area (Å²) in [6.07, 6.45) is 2.77. The van der Waals surface area contributed by atoms with E-state index in [-0.39, 0.29) is 6.10 Å². The molecule has 1 fully saturated rings. The van der Waals surface area contributed by atoms with E-state index >= 15 is 0 Å². The smallest absolute Gasteiger partial charge is 0.191 e. The fraction of sp³-hybridized carbons (Fsp3) is 0.562. The molecule has 1 saturated carbocycles. The van der Waals surface area contributed by atoms with Crippen LogP contribution in [0.25, 0.3) is 0 Å². The largest absolute Gasteiger partial charge is 0.374 e. The van der Waals surface area contributed by atoms with E-state index in [2.05, 4.69) is 53.7 Å². The maximum atomic E-state index is 5.63. The van der Waals surface area contributed by atoms with Crippen LogP contribution in [0.15, 0.2) is 29.3 Å². The second kappa shape index (κ2) is 7.29. The molecular formula is C16H25N3O. The lowest BCUT2D eigenvalue weighted by molar-refractivity contribution is 0.0657. The van der Waals surface area contributed by atoms with Crippen LogP contribution in [0, 0.1) is 0 Å². The van der Waals surface area contributed by atoms with E-state index in [4.69, 9.17) is 4.74 Å². The van der Waals surface area contributed by atoms with Crippen LogP contribution in [0.5, 0.6) is 0 Å². The van der Waals surface area contributed by atoms with Gasteiger partial charge in [-0.3, -0.25) is 4.99 Å². The molecule has 110 valence electrons. The first kappa shape index (κ1) is 14.9. The Labute approximate surface area is 121 Å². The predicted octanol–water partition coefficient (Wildman–Crippen LogP) is 2.44. The van der Waals surface area contributed by atoms with Gasteiger partial charge in [0.25, 0.3) is 0 Å². The summed E-state index contributed by atoms with van der Waals surface area (Å²) in [6.45, 7) is 5.56. The van der Waals surface area contributed by atoms with Gasteiger partial charge >= 0.3 is 0 Å². The van der Waals surface area contributed by atoms with Gasteiger partial charge in [0, 0.05) is 19.6 Å². The zero-order valence-electron chi connectivity index (χ0n) is 12.6. The van der Waals surface area contributed by atoms with Crippen LogP contribution < -0.4 is 10.6 Å². The number of hydrogen-bond acceptors (Lipinski definition) is 2. The number of hydrogen-bond donors (Lipinski definition) is 2. The van der Waals surface area contributed by atoms with Crippen molar-refractivity contribution in [2.24, 2.45) is 4.99 Å². The number of rotatable bonds is 6. The van der Waals surface area contributed by atoms with Crippen molar-refractivity contribution in [1.82, 2.24) is 10.6 Å². The Morgan fingerprint density at radius 3 is 2.75 bits per heavy atom. The third-order valence-electron chi connectivity index (χ3n) is 3.18. The van der Waals surface area contributed by atoms with E-state index in [1.807, 2.05) is 7.05 Å². The average molecular weight is 275 g/mol. The van der Waals surface area contributed by atoms with Crippen molar-refractivity contribution >= 4 is 5.96 Å². The summed E-state index contributed by atoms with van der Waals surface area (Å²) in [5, 5.41) is 6.73. The quantitative estimate of drug-likeness (QED) is 0.619. The van der Waals surface area contributed by atoms with E-state index in [9.17, 15) is 0 Å². The number of ether oxygens (including phenoxy) is 1. The molecule has 0 atom stereocenters. The summed E-state index contributed by atoms with van der Waals surface area (Å²) in [5.41, 5.74) is 2.46. The fourth-order valence-corrected chi connectivity index (χ4v) is 1.89. The van der Waals surface area contributed by atoms with Gasteiger partial charge in [-0.15, -0.1) is 0 Å². The second-order valence-electron chi connectivity index (χ2n) is 5.52. The minimum Gasteiger partial charge on any atom is -0.374 e. The number of benzene rings is 1. The Balaban J connectivity index is 1.83. The van der Waals surface area contributed by atoms with Crippen molar-refractivity contribution in [2.45, 2.75) is 52.0 Å². The first-order chi connectivity index (χ1) is 9.67. The molecule has 1 aromatic rings. The van der Waals surface area contributed by atoms with Crippen LogP contribution in [0.2, 0.25) is 0 Å². The zero-order chi connectivity index (χ0) is 14.4. The second-order valence-corrected chi connectivity index (χ2v) is 5.52. The highest BCUT2D eigenvalue weighted by atomic mass is 16.5. The predicted molar refractivity (Wildman–Crippen MR) is 82.7 cm³/mol. The van der Waals surface area contributed by atoms with Gasteiger partial charge in [0.05, 0.1) is 12.7 Å². The highest BCUT2D eigenvalue weighted by Gasteiger charge is 2.21. The van der Waals surface area contributed by atoms with Gasteiger partial charge in [-0.1, -0.05) is 24.3 Å². The number of nitrogens with zero attached hydrogens (tertiary/aromatic N) is 1. The van der Waals surface area contributed by atoms with Gasteiger partial charge in [-0.2, -0.15) is 0 Å². The summed E-state index contributed by atoms with van der Waals surface area (Å²) in [7, 11) is 1.81. The van der Waals surface area contributed by atoms with Gasteiger partial charge in [-0.05, 0) is 37.8 Å². The molecule has 4 heteroatoms. The first-order valence-electron chi connectivity index (χ1n) is 7.34. The zero-order valence-corrected chi connectivity index (χ0v) is 12.6. The van der Waals surface area contributed by atoms with Gasteiger partial charge < -0.3 is 15.4 Å². The molecule has 2 N–H and O–H groups in total. The maximum absolute atomic E-state index is 5.63. The van der Waals surface area contributed by atoms with Crippen LogP contribution in [-0.2, 0) is 17.9 Å². The number of nitrogens with one attached hydrogen (secondary N) is 2. The molecule has 20 heavy (non-hydrogen) atoms. The molecule has 0 unspecified atom stereocenters. The molecule has 0 aliphatic heterocycles. The van der Waals surface area contributed by atoms with Crippen molar-refractivity contribution < 1.29 is 4.74 Å². The van der Waals surface area contributed by atoms with Crippen LogP contribution in [0.1, 0.15) is 37.8 Å². The molecule has 0 spiro atoms. The molecule has 2 rings (SSSR count). The van der Waals surface area contributed by atoms with Crippen molar-refractivity contribution in [3.8, 4) is 0 Å². The molecule has 4 nitrogen and oxygen atoms in total. The summed E-state index contributed by atoms with van der Waals surface area (Å²) in [5.74, 6) is 0.885. The van der Waals surface area contributed by atoms with Crippen molar-refractivity contribution in [3.05, 3.63) is 35.4 Å². The summed E-state index contributed by atoms with van der Waals surface area (Å²) in [6, 6.07) is 9.10. The monoisotopic (exact) mass is 275 g/mol. The third kappa shape index (κ3) is 5.21. The van der Waals surface area contributed by atoms with E-state index in [1.165, 1.54) is 24.0 Å². The normalized spacial score (nSPS) is 15.5. The third-order valence-corrected chi connectivity index (χ3v) is 3.18. The van der Waals surface area contributed by atoms with Crippen molar-refractivity contribution in [1.29, 1.82) is 0 Å². The average Bonchev–Trinajstić information content (AvgIpc) is 3.25. The standard InChI is InChI=1S/C16H25N3O/c1-12(2)20-11-14-6-4-5-13(9-14)10-18-16(17-3)19-15-7-8-15/h4-6,9,12,15H,7-8,10-11H2,1-3H3,(H2,17,18,19). The molecule has 1 aliphatic rings. The Morgan fingerprint density at radius 1 is 1.35 bits per heavy atom. The Kier molecular flexibility index (Phi) is 5.41. The fourth-order valence-electron chi connectivity index (χ4n) is 1.89. The van der Waals surface area contributed by atoms with Crippen LogP contribution in [0.4, 0.5) is 0 Å². The molecule has 0 aromatic heterocycles. The van der Waals surface area contributed by atoms with E-state index in [0.29, 0.717) is 12.6 Å². The molecule has 0 bridgehead atoms. The molecule has 0 radical (unpaired) electrons. The Hall–Kier alpha value is -1.55. The van der Waals surface area contributed by atoms with E-state index in [1.54, 1.807) is 0 Å². The van der Waals surface area contributed by atoms with Gasteiger partial charge in [0.2, 0.25) is 0 Å². The lowest BCUT2D eigenvalue weighted by Gasteiger charge is -2.12. The van der Waals surface area contributed by atoms with Gasteiger partial charge in [0.1, 0.15) is 0 Å². The topological polar surface area (TPSA) is 45.7 Å². The minimum absolute atomic E-state index is 0.262. The number of guanidine groups is 1. The SMILES string of the molecule is CN=C(NCc1cccc(COC(C)C)c1)NC1CC1. The maximum Gasteiger partial charge on any atom is 0.191 e. The summed E-state index contributed by atoms with van der Waals surface area (Å²) in [4.78, 5) is 4.23. The van der Waals surface area contributed by atoms with Crippen LogP contribution in [-0.4, -0.2) is 25.2 Å². The minimum atomic E-state index is 0.262. The van der Waals surface area contributed by atoms with Crippen molar-refractivity contribution in [3.63, 3.8) is 0 Å². The molecule has 0 heterocycles. The van der Waals surface area contributed by atoms with Gasteiger partial charge in [-0.25, -0.2) is 0 Å². The first-order valence-corrected chi connectivity index (χ1v) is 7.34.